The van der Waals surface area contributed by atoms with E-state index in [-0.39, 0.29) is 30.8 Å². The van der Waals surface area contributed by atoms with Crippen LogP contribution in [-0.4, -0.2) is 21.0 Å². The van der Waals surface area contributed by atoms with Crippen molar-refractivity contribution in [2.75, 3.05) is 21.0 Å². The van der Waals surface area contributed by atoms with Crippen molar-refractivity contribution in [1.82, 2.24) is 0 Å². The average Bonchev–Trinajstić information content (AvgIpc) is 3.34. The summed E-state index contributed by atoms with van der Waals surface area (Å²) in [5, 5.41) is 2.09. The highest BCUT2D eigenvalue weighted by Crippen LogP contribution is 2.43. The number of pyridine rings is 1. The van der Waals surface area contributed by atoms with Crippen molar-refractivity contribution >= 4 is 10.8 Å². The highest BCUT2D eigenvalue weighted by atomic mass is 127. The summed E-state index contributed by atoms with van der Waals surface area (Å²) in [6.45, 7) is 2.12. The second-order valence-electron chi connectivity index (χ2n) is 8.50. The van der Waals surface area contributed by atoms with Gasteiger partial charge in [0.1, 0.15) is 0 Å². The number of hydrogen-bond donors (Lipinski definition) is 0. The first-order valence-corrected chi connectivity index (χ1v) is 11.4. The number of benzene rings is 3. The van der Waals surface area contributed by atoms with Gasteiger partial charge in [-0.1, -0.05) is 30.3 Å². The Hall–Kier alpha value is -3.04. The number of aromatic nitrogens is 1. The Bertz CT molecular complexity index is 1390. The van der Waals surface area contributed by atoms with Gasteiger partial charge >= 0.3 is 0 Å². The van der Waals surface area contributed by atoms with Crippen LogP contribution in [0.1, 0.15) is 16.7 Å². The zero-order valence-corrected chi connectivity index (χ0v) is 21.8. The van der Waals surface area contributed by atoms with Gasteiger partial charge < -0.3 is 47.7 Å². The lowest BCUT2D eigenvalue weighted by molar-refractivity contribution is -0.686. The van der Waals surface area contributed by atoms with E-state index in [1.165, 1.54) is 5.56 Å². The van der Waals surface area contributed by atoms with Gasteiger partial charge in [-0.2, -0.15) is 4.57 Å². The molecule has 4 aromatic rings. The van der Waals surface area contributed by atoms with Gasteiger partial charge in [0.2, 0.25) is 12.5 Å². The van der Waals surface area contributed by atoms with E-state index in [2.05, 4.69) is 41.1 Å². The Morgan fingerprint density at radius 3 is 2.46 bits per heavy atom. The molecule has 1 aromatic heterocycles. The summed E-state index contributed by atoms with van der Waals surface area (Å²) in [7, 11) is 3.35. The van der Waals surface area contributed by atoms with E-state index < -0.39 is 0 Å². The monoisotopic (exact) mass is 583 g/mol. The maximum atomic E-state index is 6.28. The summed E-state index contributed by atoms with van der Waals surface area (Å²) in [5.41, 5.74) is 5.83. The van der Waals surface area contributed by atoms with Gasteiger partial charge in [-0.25, -0.2) is 0 Å². The van der Waals surface area contributed by atoms with Crippen LogP contribution in [0.5, 0.6) is 23.0 Å². The van der Waals surface area contributed by atoms with E-state index >= 15 is 0 Å². The Labute approximate surface area is 221 Å². The van der Waals surface area contributed by atoms with E-state index in [0.717, 1.165) is 63.4 Å². The zero-order chi connectivity index (χ0) is 23.1. The van der Waals surface area contributed by atoms with E-state index in [1.807, 2.05) is 24.3 Å². The zero-order valence-electron chi connectivity index (χ0n) is 19.7. The minimum absolute atomic E-state index is 0. The van der Waals surface area contributed by atoms with E-state index in [9.17, 15) is 0 Å². The van der Waals surface area contributed by atoms with Crippen molar-refractivity contribution in [3.63, 3.8) is 0 Å². The number of fused-ring (bicyclic) bond motifs is 5. The molecule has 35 heavy (non-hydrogen) atoms. The molecule has 3 aromatic carbocycles. The molecule has 0 N–H and O–H groups in total. The maximum Gasteiger partial charge on any atom is 0.231 e. The minimum Gasteiger partial charge on any atom is -1.00 e. The lowest BCUT2D eigenvalue weighted by atomic mass is 9.91. The molecule has 0 aliphatic carbocycles. The number of methoxy groups -OCH3 is 2. The molecule has 0 atom stereocenters. The fraction of sp³-hybridized carbons (Fsp3) is 0.250. The molecular formula is C28H26INO5. The number of halogens is 1. The number of aryl methyl sites for hydroxylation is 2. The lowest BCUT2D eigenvalue weighted by Gasteiger charge is -2.21. The summed E-state index contributed by atoms with van der Waals surface area (Å²) in [6.07, 6.45) is 3.08. The quantitative estimate of drug-likeness (QED) is 0.256. The molecule has 0 spiro atoms. The van der Waals surface area contributed by atoms with Gasteiger partial charge in [0.25, 0.3) is 0 Å². The van der Waals surface area contributed by atoms with Crippen LogP contribution < -0.4 is 47.5 Å². The van der Waals surface area contributed by atoms with Crippen LogP contribution in [0, 0.1) is 0 Å². The molecule has 0 fully saturated rings. The van der Waals surface area contributed by atoms with Crippen molar-refractivity contribution in [2.45, 2.75) is 26.2 Å². The number of nitrogens with zero attached hydrogens (tertiary/aromatic N) is 1. The summed E-state index contributed by atoms with van der Waals surface area (Å²) in [4.78, 5) is 0. The second-order valence-corrected chi connectivity index (χ2v) is 8.50. The number of rotatable bonds is 6. The number of ether oxygens (including phenoxy) is 5. The van der Waals surface area contributed by atoms with Crippen molar-refractivity contribution in [3.05, 3.63) is 77.5 Å². The minimum atomic E-state index is 0. The highest BCUT2D eigenvalue weighted by molar-refractivity contribution is 5.95. The summed E-state index contributed by atoms with van der Waals surface area (Å²) < 4.78 is 31.3. The first-order valence-electron chi connectivity index (χ1n) is 11.4. The van der Waals surface area contributed by atoms with Crippen molar-refractivity contribution in [2.24, 2.45) is 0 Å². The molecule has 6 nitrogen and oxygen atoms in total. The van der Waals surface area contributed by atoms with Gasteiger partial charge in [0, 0.05) is 11.8 Å². The molecular weight excluding hydrogens is 557 g/mol. The summed E-state index contributed by atoms with van der Waals surface area (Å²) in [5.74, 6) is 3.06. The van der Waals surface area contributed by atoms with Crippen molar-refractivity contribution in [3.8, 4) is 34.3 Å². The Morgan fingerprint density at radius 1 is 0.886 bits per heavy atom. The molecule has 0 amide bonds. The van der Waals surface area contributed by atoms with Gasteiger partial charge in [0.05, 0.1) is 43.9 Å². The highest BCUT2D eigenvalue weighted by Gasteiger charge is 2.32. The average molecular weight is 583 g/mol. The number of hydrogen-bond acceptors (Lipinski definition) is 5. The largest absolute Gasteiger partial charge is 1.00 e. The fourth-order valence-electron chi connectivity index (χ4n) is 5.00. The fourth-order valence-corrected chi connectivity index (χ4v) is 5.00. The smallest absolute Gasteiger partial charge is 0.231 e. The van der Waals surface area contributed by atoms with Crippen LogP contribution in [0.2, 0.25) is 0 Å². The maximum absolute atomic E-state index is 6.28. The third kappa shape index (κ3) is 4.16. The third-order valence-corrected chi connectivity index (χ3v) is 6.60. The topological polar surface area (TPSA) is 50.0 Å². The van der Waals surface area contributed by atoms with E-state index in [1.54, 1.807) is 14.2 Å². The first-order chi connectivity index (χ1) is 16.8. The van der Waals surface area contributed by atoms with Crippen molar-refractivity contribution in [1.29, 1.82) is 0 Å². The van der Waals surface area contributed by atoms with Crippen LogP contribution >= 0.6 is 0 Å². The molecule has 180 valence electrons. The van der Waals surface area contributed by atoms with Gasteiger partial charge in [-0.05, 0) is 35.4 Å². The van der Waals surface area contributed by atoms with E-state index in [4.69, 9.17) is 23.7 Å². The van der Waals surface area contributed by atoms with E-state index in [0.29, 0.717) is 19.0 Å². The molecule has 3 heterocycles. The van der Waals surface area contributed by atoms with Gasteiger partial charge in [-0.3, -0.25) is 0 Å². The van der Waals surface area contributed by atoms with Crippen molar-refractivity contribution < 1.29 is 52.2 Å². The van der Waals surface area contributed by atoms with Crippen LogP contribution in [-0.2, 0) is 30.9 Å². The van der Waals surface area contributed by atoms with Gasteiger partial charge in [0.15, 0.2) is 35.7 Å². The molecule has 0 bridgehead atoms. The SMILES string of the molecule is COc1ccc2c(COCc3ccccc3)c3[n+](cc2c1OC)CCc1cc2c(cc1-3)OCO2.[I-]. The third-order valence-electron chi connectivity index (χ3n) is 6.60. The van der Waals surface area contributed by atoms with Crippen LogP contribution in [0.15, 0.2) is 60.8 Å². The molecule has 2 aliphatic rings. The summed E-state index contributed by atoms with van der Waals surface area (Å²) >= 11 is 0. The van der Waals surface area contributed by atoms with Crippen LogP contribution in [0.4, 0.5) is 0 Å². The predicted octanol–water partition coefficient (Wildman–Crippen LogP) is 1.82. The molecule has 6 rings (SSSR count). The molecule has 0 saturated heterocycles. The Kier molecular flexibility index (Phi) is 6.71. The van der Waals surface area contributed by atoms with Crippen LogP contribution in [0.25, 0.3) is 22.0 Å². The summed E-state index contributed by atoms with van der Waals surface area (Å²) in [6, 6.07) is 18.5. The molecule has 0 saturated carbocycles. The first kappa shape index (κ1) is 23.7. The molecule has 7 heteroatoms. The standard InChI is InChI=1S/C28H26NO5.HI/c1-30-24-9-8-20-22(28(24)31-2)14-29-11-10-19-12-25-26(34-17-33-25)13-21(19)27(29)23(20)16-32-15-18-6-4-3-5-7-18;/h3-9,12-14H,10-11,15-17H2,1-2H3;1H/q+1;/p-1. The Balaban J connectivity index is 0.00000253. The predicted molar refractivity (Wildman–Crippen MR) is 127 cm³/mol. The van der Waals surface area contributed by atoms with Crippen LogP contribution in [0.3, 0.4) is 0 Å². The normalized spacial score (nSPS) is 13.1. The lowest BCUT2D eigenvalue weighted by Crippen LogP contribution is -3.00. The van der Waals surface area contributed by atoms with Gasteiger partial charge in [-0.15, -0.1) is 0 Å². The Morgan fingerprint density at radius 2 is 1.69 bits per heavy atom. The second kappa shape index (κ2) is 9.91. The molecule has 0 unspecified atom stereocenters. The molecule has 0 radical (unpaired) electrons. The molecule has 2 aliphatic heterocycles.